The van der Waals surface area contributed by atoms with Crippen molar-refractivity contribution in [3.63, 3.8) is 0 Å². The SMILES string of the molecule is CNC(=O)NCC1CCN(Cc2cc(CN3CCC(C4CCN(C)CC4)CC3)cc(-c3cc(Cl)cc(Cl)c3)c2)CC1. The molecule has 0 aromatic heterocycles. The van der Waals surface area contributed by atoms with Gasteiger partial charge in [0.2, 0.25) is 0 Å². The van der Waals surface area contributed by atoms with Crippen LogP contribution < -0.4 is 10.6 Å². The second-order valence-corrected chi connectivity index (χ2v) is 13.5. The number of hydrogen-bond acceptors (Lipinski definition) is 4. The molecular weight excluding hydrogens is 553 g/mol. The van der Waals surface area contributed by atoms with E-state index in [2.05, 4.69) is 50.6 Å². The minimum atomic E-state index is -0.0936. The van der Waals surface area contributed by atoms with Crippen LogP contribution in [0.25, 0.3) is 11.1 Å². The van der Waals surface area contributed by atoms with E-state index in [1.807, 2.05) is 12.1 Å². The maximum atomic E-state index is 11.6. The van der Waals surface area contributed by atoms with E-state index in [0.29, 0.717) is 16.0 Å². The third-order valence-corrected chi connectivity index (χ3v) is 10.0. The van der Waals surface area contributed by atoms with Gasteiger partial charge in [-0.2, -0.15) is 0 Å². The molecule has 2 amide bonds. The van der Waals surface area contributed by atoms with Crippen molar-refractivity contribution < 1.29 is 4.79 Å². The highest BCUT2D eigenvalue weighted by atomic mass is 35.5. The molecule has 0 spiro atoms. The molecule has 0 atom stereocenters. The van der Waals surface area contributed by atoms with E-state index in [0.717, 1.165) is 63.0 Å². The van der Waals surface area contributed by atoms with Gasteiger partial charge in [-0.25, -0.2) is 4.79 Å². The van der Waals surface area contributed by atoms with Gasteiger partial charge in [-0.15, -0.1) is 0 Å². The van der Waals surface area contributed by atoms with Crippen molar-refractivity contribution in [2.75, 3.05) is 59.9 Å². The van der Waals surface area contributed by atoms with Crippen LogP contribution in [0.3, 0.4) is 0 Å². The standard InChI is InChI=1S/C33H47Cl2N5O/c1-36-33(41)37-21-24-3-11-39(12-4-24)22-25-15-26(17-29(16-25)30-18-31(34)20-32(35)19-30)23-40-13-7-28(8-14-40)27-5-9-38(2)10-6-27/h15-20,24,27-28H,3-14,21-23H2,1-2H3,(H2,36,37,41). The quantitative estimate of drug-likeness (QED) is 0.371. The summed E-state index contributed by atoms with van der Waals surface area (Å²) in [5.74, 6) is 2.35. The Balaban J connectivity index is 1.24. The zero-order valence-corrected chi connectivity index (χ0v) is 26.3. The van der Waals surface area contributed by atoms with Crippen molar-refractivity contribution in [3.8, 4) is 11.1 Å². The number of benzene rings is 2. The highest BCUT2D eigenvalue weighted by Crippen LogP contribution is 2.34. The van der Waals surface area contributed by atoms with Crippen molar-refractivity contribution in [1.82, 2.24) is 25.3 Å². The lowest BCUT2D eigenvalue weighted by Crippen LogP contribution is -2.40. The lowest BCUT2D eigenvalue weighted by atomic mass is 9.79. The topological polar surface area (TPSA) is 50.9 Å². The average molecular weight is 601 g/mol. The minimum Gasteiger partial charge on any atom is -0.341 e. The molecule has 3 fully saturated rings. The van der Waals surface area contributed by atoms with Crippen LogP contribution in [0.15, 0.2) is 36.4 Å². The number of likely N-dealkylation sites (tertiary alicyclic amines) is 3. The first-order valence-electron chi connectivity index (χ1n) is 15.5. The van der Waals surface area contributed by atoms with E-state index in [4.69, 9.17) is 23.2 Å². The molecule has 5 rings (SSSR count). The molecule has 0 aliphatic carbocycles. The summed E-state index contributed by atoms with van der Waals surface area (Å²) in [5.41, 5.74) is 4.98. The van der Waals surface area contributed by atoms with E-state index in [1.165, 1.54) is 68.6 Å². The summed E-state index contributed by atoms with van der Waals surface area (Å²) in [5, 5.41) is 6.95. The van der Waals surface area contributed by atoms with Crippen molar-refractivity contribution in [1.29, 1.82) is 0 Å². The minimum absolute atomic E-state index is 0.0936. The normalized spacial score (nSPS) is 20.8. The Hall–Kier alpha value is -1.83. The van der Waals surface area contributed by atoms with Gasteiger partial charge in [0.15, 0.2) is 0 Å². The van der Waals surface area contributed by atoms with Gasteiger partial charge in [0, 0.05) is 36.7 Å². The maximum Gasteiger partial charge on any atom is 0.314 e. The van der Waals surface area contributed by atoms with Crippen LogP contribution in [0.4, 0.5) is 4.79 Å². The van der Waals surface area contributed by atoms with Gasteiger partial charge < -0.3 is 15.5 Å². The molecule has 2 aromatic rings. The molecule has 0 saturated carbocycles. The van der Waals surface area contributed by atoms with Crippen LogP contribution >= 0.6 is 23.2 Å². The summed E-state index contributed by atoms with van der Waals surface area (Å²) in [7, 11) is 3.92. The van der Waals surface area contributed by atoms with Gasteiger partial charge in [0.25, 0.3) is 0 Å². The number of carbonyl (C=O) groups excluding carboxylic acids is 1. The van der Waals surface area contributed by atoms with Crippen molar-refractivity contribution in [3.05, 3.63) is 57.6 Å². The zero-order chi connectivity index (χ0) is 28.8. The summed E-state index contributed by atoms with van der Waals surface area (Å²) in [4.78, 5) is 19.3. The van der Waals surface area contributed by atoms with Crippen molar-refractivity contribution in [2.45, 2.75) is 51.6 Å². The number of hydrogen-bond donors (Lipinski definition) is 2. The Morgan fingerprint density at radius 3 is 1.76 bits per heavy atom. The van der Waals surface area contributed by atoms with E-state index in [9.17, 15) is 4.79 Å². The lowest BCUT2D eigenvalue weighted by molar-refractivity contribution is 0.102. The first-order valence-corrected chi connectivity index (χ1v) is 16.3. The maximum absolute atomic E-state index is 11.6. The second-order valence-electron chi connectivity index (χ2n) is 12.6. The number of amides is 2. The molecule has 2 N–H and O–H groups in total. The van der Waals surface area contributed by atoms with E-state index >= 15 is 0 Å². The average Bonchev–Trinajstić information content (AvgIpc) is 2.97. The zero-order valence-electron chi connectivity index (χ0n) is 24.8. The lowest BCUT2D eigenvalue weighted by Gasteiger charge is -2.39. The molecule has 41 heavy (non-hydrogen) atoms. The van der Waals surface area contributed by atoms with Gasteiger partial charge in [-0.1, -0.05) is 29.3 Å². The number of nitrogens with zero attached hydrogens (tertiary/aromatic N) is 3. The van der Waals surface area contributed by atoms with Crippen molar-refractivity contribution in [2.24, 2.45) is 17.8 Å². The van der Waals surface area contributed by atoms with E-state index < -0.39 is 0 Å². The number of halogens is 2. The molecule has 0 radical (unpaired) electrons. The monoisotopic (exact) mass is 599 g/mol. The summed E-state index contributed by atoms with van der Waals surface area (Å²) < 4.78 is 0. The fourth-order valence-corrected chi connectivity index (χ4v) is 7.63. The Bertz CT molecular complexity index is 1130. The van der Waals surface area contributed by atoms with Crippen LogP contribution in [-0.2, 0) is 13.1 Å². The molecule has 0 bridgehead atoms. The predicted molar refractivity (Wildman–Crippen MR) is 171 cm³/mol. The van der Waals surface area contributed by atoms with Crippen molar-refractivity contribution >= 4 is 29.2 Å². The third kappa shape index (κ3) is 8.84. The summed E-state index contributed by atoms with van der Waals surface area (Å²) in [6.07, 6.45) is 7.61. The Labute approximate surface area is 256 Å². The molecule has 3 aliphatic rings. The fourth-order valence-electron chi connectivity index (χ4n) is 7.11. The first kappa shape index (κ1) is 30.6. The van der Waals surface area contributed by atoms with Gasteiger partial charge in [0.05, 0.1) is 0 Å². The highest BCUT2D eigenvalue weighted by molar-refractivity contribution is 6.35. The summed E-state index contributed by atoms with van der Waals surface area (Å²) in [6.45, 7) is 9.67. The molecule has 6 nitrogen and oxygen atoms in total. The van der Waals surface area contributed by atoms with Gasteiger partial charge in [-0.05, 0) is 155 Å². The molecular formula is C33H47Cl2N5O. The first-order chi connectivity index (χ1) is 19.8. The van der Waals surface area contributed by atoms with Crippen LogP contribution in [0.1, 0.15) is 49.7 Å². The predicted octanol–water partition coefficient (Wildman–Crippen LogP) is 6.36. The number of nitrogens with one attached hydrogen (secondary N) is 2. The van der Waals surface area contributed by atoms with Crippen LogP contribution in [0.5, 0.6) is 0 Å². The molecule has 3 heterocycles. The number of urea groups is 1. The third-order valence-electron chi connectivity index (χ3n) is 9.61. The number of rotatable bonds is 8. The smallest absolute Gasteiger partial charge is 0.314 e. The molecule has 3 aliphatic heterocycles. The molecule has 2 aromatic carbocycles. The molecule has 0 unspecified atom stereocenters. The molecule has 3 saturated heterocycles. The van der Waals surface area contributed by atoms with E-state index in [-0.39, 0.29) is 6.03 Å². The summed E-state index contributed by atoms with van der Waals surface area (Å²) >= 11 is 12.8. The molecule has 224 valence electrons. The van der Waals surface area contributed by atoms with E-state index in [1.54, 1.807) is 13.1 Å². The Kier molecular flexibility index (Phi) is 10.9. The van der Waals surface area contributed by atoms with Crippen LogP contribution in [-0.4, -0.2) is 80.6 Å². The Morgan fingerprint density at radius 1 is 0.732 bits per heavy atom. The highest BCUT2D eigenvalue weighted by Gasteiger charge is 2.29. The fraction of sp³-hybridized carbons (Fsp3) is 0.606. The largest absolute Gasteiger partial charge is 0.341 e. The van der Waals surface area contributed by atoms with Gasteiger partial charge in [0.1, 0.15) is 0 Å². The van der Waals surface area contributed by atoms with Crippen LogP contribution in [0.2, 0.25) is 10.0 Å². The Morgan fingerprint density at radius 2 is 1.22 bits per heavy atom. The van der Waals surface area contributed by atoms with Gasteiger partial charge >= 0.3 is 6.03 Å². The van der Waals surface area contributed by atoms with Gasteiger partial charge in [-0.3, -0.25) is 9.80 Å². The number of carbonyl (C=O) groups is 1. The summed E-state index contributed by atoms with van der Waals surface area (Å²) in [6, 6.07) is 12.8. The van der Waals surface area contributed by atoms with Crippen LogP contribution in [0, 0.1) is 17.8 Å². The number of piperidine rings is 3. The second kappa shape index (κ2) is 14.6. The molecule has 8 heteroatoms.